The molecular formula is C31H28BrN3O8S. The van der Waals surface area contributed by atoms with Crippen LogP contribution >= 0.6 is 27.3 Å². The Morgan fingerprint density at radius 3 is 2.59 bits per heavy atom. The molecule has 0 bridgehead atoms. The van der Waals surface area contributed by atoms with Crippen molar-refractivity contribution < 1.29 is 28.3 Å². The lowest BCUT2D eigenvalue weighted by Gasteiger charge is -2.26. The molecule has 228 valence electrons. The Balaban J connectivity index is 1.65. The number of methoxy groups -OCH3 is 1. The van der Waals surface area contributed by atoms with Crippen LogP contribution in [0.15, 0.2) is 72.4 Å². The van der Waals surface area contributed by atoms with Gasteiger partial charge in [0.25, 0.3) is 11.2 Å². The molecule has 1 aliphatic heterocycles. The molecule has 5 rings (SSSR count). The zero-order valence-electron chi connectivity index (χ0n) is 24.5. The second kappa shape index (κ2) is 12.6. The van der Waals surface area contributed by atoms with Crippen molar-refractivity contribution in [3.8, 4) is 22.8 Å². The first-order valence-electron chi connectivity index (χ1n) is 13.6. The van der Waals surface area contributed by atoms with Gasteiger partial charge in [-0.3, -0.25) is 19.5 Å². The summed E-state index contributed by atoms with van der Waals surface area (Å²) < 4.78 is 25.1. The van der Waals surface area contributed by atoms with Gasteiger partial charge in [0, 0.05) is 28.2 Å². The van der Waals surface area contributed by atoms with Gasteiger partial charge < -0.3 is 18.6 Å². The first-order valence-corrected chi connectivity index (χ1v) is 15.2. The minimum Gasteiger partial charge on any atom is -0.493 e. The maximum absolute atomic E-state index is 14.0. The number of carbonyl (C=O) groups excluding carboxylic acids is 1. The third-order valence-electron chi connectivity index (χ3n) is 6.98. The average Bonchev–Trinajstić information content (AvgIpc) is 3.56. The summed E-state index contributed by atoms with van der Waals surface area (Å²) in [5.74, 6) is 1.27. The molecule has 2 aromatic carbocycles. The van der Waals surface area contributed by atoms with Crippen LogP contribution in [-0.2, 0) is 9.53 Å². The quantitative estimate of drug-likeness (QED) is 0.129. The highest BCUT2D eigenvalue weighted by atomic mass is 79.9. The molecule has 0 saturated heterocycles. The summed E-state index contributed by atoms with van der Waals surface area (Å²) in [5, 5.41) is 11.1. The number of carbonyl (C=O) groups is 1. The maximum Gasteiger partial charge on any atom is 0.338 e. The number of benzene rings is 2. The Morgan fingerprint density at radius 1 is 1.16 bits per heavy atom. The van der Waals surface area contributed by atoms with E-state index >= 15 is 0 Å². The van der Waals surface area contributed by atoms with Gasteiger partial charge in [-0.2, -0.15) is 0 Å². The second-order valence-corrected chi connectivity index (χ2v) is 11.6. The molecule has 44 heavy (non-hydrogen) atoms. The van der Waals surface area contributed by atoms with Crippen LogP contribution in [0.2, 0.25) is 0 Å². The van der Waals surface area contributed by atoms with E-state index in [1.807, 2.05) is 6.92 Å². The van der Waals surface area contributed by atoms with Gasteiger partial charge in [-0.25, -0.2) is 9.79 Å². The zero-order valence-corrected chi connectivity index (χ0v) is 26.9. The fourth-order valence-electron chi connectivity index (χ4n) is 5.02. The number of esters is 1. The van der Waals surface area contributed by atoms with Crippen molar-refractivity contribution in [2.75, 3.05) is 20.3 Å². The number of aryl methyl sites for hydroxylation is 1. The number of non-ortho nitro benzene ring substituents is 1. The Bertz CT molecular complexity index is 2010. The summed E-state index contributed by atoms with van der Waals surface area (Å²) in [5.41, 5.74) is 2.23. The summed E-state index contributed by atoms with van der Waals surface area (Å²) >= 11 is 4.78. The molecule has 0 aliphatic carbocycles. The lowest BCUT2D eigenvalue weighted by molar-refractivity contribution is -0.384. The van der Waals surface area contributed by atoms with E-state index in [4.69, 9.17) is 18.6 Å². The summed E-state index contributed by atoms with van der Waals surface area (Å²) in [4.78, 5) is 43.0. The van der Waals surface area contributed by atoms with E-state index in [0.717, 1.165) is 11.3 Å². The fourth-order valence-corrected chi connectivity index (χ4v) is 6.58. The van der Waals surface area contributed by atoms with Crippen molar-refractivity contribution >= 4 is 45.0 Å². The number of allylic oxidation sites excluding steroid dienone is 1. The molecule has 1 aliphatic rings. The highest BCUT2D eigenvalue weighted by Gasteiger charge is 2.35. The first-order chi connectivity index (χ1) is 21.1. The largest absolute Gasteiger partial charge is 0.493 e. The number of nitro groups is 1. The van der Waals surface area contributed by atoms with Crippen LogP contribution in [0.5, 0.6) is 11.5 Å². The topological polar surface area (TPSA) is 135 Å². The molecule has 0 N–H and O–H groups in total. The zero-order chi connectivity index (χ0) is 31.7. The lowest BCUT2D eigenvalue weighted by atomic mass is 9.95. The number of nitrogens with zero attached hydrogens (tertiary/aromatic N) is 3. The van der Waals surface area contributed by atoms with Gasteiger partial charge in [-0.1, -0.05) is 27.3 Å². The number of thiazole rings is 1. The van der Waals surface area contributed by atoms with Crippen LogP contribution in [0.1, 0.15) is 43.7 Å². The van der Waals surface area contributed by atoms with Crippen molar-refractivity contribution in [3.63, 3.8) is 0 Å². The van der Waals surface area contributed by atoms with Crippen LogP contribution in [0.4, 0.5) is 5.69 Å². The molecule has 3 heterocycles. The maximum atomic E-state index is 14.0. The van der Waals surface area contributed by atoms with Crippen molar-refractivity contribution in [2.24, 2.45) is 4.99 Å². The number of rotatable bonds is 9. The van der Waals surface area contributed by atoms with Crippen LogP contribution in [-0.4, -0.2) is 35.8 Å². The summed E-state index contributed by atoms with van der Waals surface area (Å²) in [6, 6.07) is 10.6. The molecule has 1 atom stereocenters. The molecule has 2 aromatic heterocycles. The van der Waals surface area contributed by atoms with E-state index < -0.39 is 16.9 Å². The predicted octanol–water partition coefficient (Wildman–Crippen LogP) is 5.44. The number of nitro benzene ring substituents is 1. The van der Waals surface area contributed by atoms with Crippen LogP contribution in [0.25, 0.3) is 17.4 Å². The van der Waals surface area contributed by atoms with Gasteiger partial charge >= 0.3 is 5.97 Å². The molecular weight excluding hydrogens is 654 g/mol. The molecule has 4 aromatic rings. The minimum atomic E-state index is -0.874. The van der Waals surface area contributed by atoms with Gasteiger partial charge in [0.2, 0.25) is 0 Å². The Labute approximate surface area is 264 Å². The molecule has 0 unspecified atom stereocenters. The van der Waals surface area contributed by atoms with E-state index in [-0.39, 0.29) is 23.4 Å². The lowest BCUT2D eigenvalue weighted by Crippen LogP contribution is -2.40. The van der Waals surface area contributed by atoms with E-state index in [2.05, 4.69) is 20.9 Å². The summed E-state index contributed by atoms with van der Waals surface area (Å²) in [6.45, 7) is 7.61. The number of aromatic nitrogens is 1. The van der Waals surface area contributed by atoms with E-state index in [9.17, 15) is 19.7 Å². The highest BCUT2D eigenvalue weighted by molar-refractivity contribution is 9.10. The van der Waals surface area contributed by atoms with Crippen LogP contribution in [0, 0.1) is 17.0 Å². The smallest absolute Gasteiger partial charge is 0.338 e. The van der Waals surface area contributed by atoms with Crippen molar-refractivity contribution in [2.45, 2.75) is 33.7 Å². The summed E-state index contributed by atoms with van der Waals surface area (Å²) in [6.07, 6.45) is 1.61. The van der Waals surface area contributed by atoms with Crippen LogP contribution in [0.3, 0.4) is 0 Å². The second-order valence-electron chi connectivity index (χ2n) is 9.72. The SMILES string of the molecule is CCOC(=O)C1=C(C)N=c2s/c(=C/c3ccc(-c4ccc([N+](=O)[O-])cc4C)o3)c(=O)n2[C@@H]1c1cc(OC)c(OCC)cc1Br. The minimum absolute atomic E-state index is 0.0111. The Kier molecular flexibility index (Phi) is 8.88. The molecule has 0 radical (unpaired) electrons. The number of furan rings is 1. The van der Waals surface area contributed by atoms with Gasteiger partial charge in [0.1, 0.15) is 11.5 Å². The van der Waals surface area contributed by atoms with Crippen molar-refractivity contribution in [1.82, 2.24) is 4.57 Å². The summed E-state index contributed by atoms with van der Waals surface area (Å²) in [7, 11) is 1.52. The normalized spacial score (nSPS) is 14.7. The predicted molar refractivity (Wildman–Crippen MR) is 168 cm³/mol. The Hall–Kier alpha value is -4.49. The number of hydrogen-bond donors (Lipinski definition) is 0. The van der Waals surface area contributed by atoms with E-state index in [1.165, 1.54) is 23.8 Å². The van der Waals surface area contributed by atoms with Gasteiger partial charge in [0.15, 0.2) is 16.3 Å². The average molecular weight is 683 g/mol. The third-order valence-corrected chi connectivity index (χ3v) is 8.65. The molecule has 11 nitrogen and oxygen atoms in total. The molecule has 0 spiro atoms. The standard InChI is InChI=1S/C31H28BrN3O8S/c1-6-41-25-15-22(32)21(14-24(25)40-5)28-27(30(37)42-7-2)17(4)33-31-34(28)29(36)26(44-31)13-19-9-11-23(43-19)20-10-8-18(35(38)39)12-16(20)3/h8-15,28H,6-7H2,1-5H3/b26-13+/t28-/m1/s1. The molecule has 13 heteroatoms. The third kappa shape index (κ3) is 5.72. The molecule has 0 saturated carbocycles. The van der Waals surface area contributed by atoms with Crippen molar-refractivity contribution in [1.29, 1.82) is 0 Å². The van der Waals surface area contributed by atoms with Gasteiger partial charge in [-0.05, 0) is 69.2 Å². The molecule has 0 fully saturated rings. The number of hydrogen-bond acceptors (Lipinski definition) is 10. The first kappa shape index (κ1) is 31.0. The van der Waals surface area contributed by atoms with Gasteiger partial charge in [0.05, 0.1) is 47.1 Å². The van der Waals surface area contributed by atoms with Crippen molar-refractivity contribution in [3.05, 3.63) is 105 Å². The number of fused-ring (bicyclic) bond motifs is 1. The van der Waals surface area contributed by atoms with E-state index in [0.29, 0.717) is 65.8 Å². The van der Waals surface area contributed by atoms with Gasteiger partial charge in [-0.15, -0.1) is 0 Å². The highest BCUT2D eigenvalue weighted by Crippen LogP contribution is 2.41. The Morgan fingerprint density at radius 2 is 1.93 bits per heavy atom. The number of ether oxygens (including phenoxy) is 3. The van der Waals surface area contributed by atoms with E-state index in [1.54, 1.807) is 57.2 Å². The fraction of sp³-hybridized carbons (Fsp3) is 0.258. The molecule has 0 amide bonds. The monoisotopic (exact) mass is 681 g/mol. The van der Waals surface area contributed by atoms with Crippen LogP contribution < -0.4 is 24.4 Å². The number of halogens is 1.